The van der Waals surface area contributed by atoms with Crippen LogP contribution < -0.4 is 9.47 Å². The fraction of sp³-hybridized carbons (Fsp3) is 0.0556. The van der Waals surface area contributed by atoms with Crippen LogP contribution in [0.5, 0.6) is 17.5 Å². The third-order valence-corrected chi connectivity index (χ3v) is 3.05. The lowest BCUT2D eigenvalue weighted by Gasteiger charge is -2.11. The molecule has 112 valence electrons. The molecule has 0 radical (unpaired) electrons. The van der Waals surface area contributed by atoms with E-state index < -0.39 is 0 Å². The number of ether oxygens (including phenoxy) is 2. The average molecular weight is 303 g/mol. The highest BCUT2D eigenvalue weighted by atomic mass is 16.5. The highest BCUT2D eigenvalue weighted by Gasteiger charge is 2.10. The molecule has 0 saturated carbocycles. The molecule has 0 spiro atoms. The van der Waals surface area contributed by atoms with E-state index in [1.807, 2.05) is 30.3 Å². The number of hydrogen-bond acceptors (Lipinski definition) is 5. The molecular formula is C18H13N3O2. The van der Waals surface area contributed by atoms with Crippen molar-refractivity contribution in [2.75, 3.05) is 0 Å². The monoisotopic (exact) mass is 303 g/mol. The van der Waals surface area contributed by atoms with Crippen molar-refractivity contribution in [3.05, 3.63) is 78.1 Å². The Morgan fingerprint density at radius 3 is 2.43 bits per heavy atom. The predicted molar refractivity (Wildman–Crippen MR) is 84.0 cm³/mol. The van der Waals surface area contributed by atoms with E-state index in [9.17, 15) is 0 Å². The molecule has 0 bridgehead atoms. The minimum absolute atomic E-state index is 0.201. The quantitative estimate of drug-likeness (QED) is 0.718. The van der Waals surface area contributed by atoms with Crippen molar-refractivity contribution in [3.63, 3.8) is 0 Å². The van der Waals surface area contributed by atoms with Crippen LogP contribution in [0.2, 0.25) is 0 Å². The van der Waals surface area contributed by atoms with Crippen molar-refractivity contribution in [1.82, 2.24) is 9.97 Å². The minimum Gasteiger partial charge on any atom is -0.485 e. The van der Waals surface area contributed by atoms with E-state index in [4.69, 9.17) is 14.7 Å². The lowest BCUT2D eigenvalue weighted by atomic mass is 10.2. The second kappa shape index (κ2) is 7.05. The van der Waals surface area contributed by atoms with Gasteiger partial charge in [0.25, 0.3) is 0 Å². The van der Waals surface area contributed by atoms with E-state index in [1.165, 1.54) is 0 Å². The summed E-state index contributed by atoms with van der Waals surface area (Å²) in [6, 6.07) is 18.8. The van der Waals surface area contributed by atoms with E-state index in [-0.39, 0.29) is 6.01 Å². The number of aromatic nitrogens is 2. The molecule has 3 rings (SSSR count). The van der Waals surface area contributed by atoms with Crippen LogP contribution in [0.25, 0.3) is 0 Å². The molecular weight excluding hydrogens is 290 g/mol. The molecule has 3 aromatic rings. The van der Waals surface area contributed by atoms with Gasteiger partial charge in [0.2, 0.25) is 0 Å². The summed E-state index contributed by atoms with van der Waals surface area (Å²) in [4.78, 5) is 8.03. The first-order chi connectivity index (χ1) is 11.3. The Labute approximate surface area is 133 Å². The van der Waals surface area contributed by atoms with Crippen molar-refractivity contribution >= 4 is 0 Å². The SMILES string of the molecule is N#Cc1ccc(OCc2ccccc2)c(Oc2ncccn2)c1. The van der Waals surface area contributed by atoms with Gasteiger partial charge in [0, 0.05) is 18.5 Å². The van der Waals surface area contributed by atoms with Gasteiger partial charge in [-0.3, -0.25) is 0 Å². The Morgan fingerprint density at radius 1 is 0.913 bits per heavy atom. The fourth-order valence-corrected chi connectivity index (χ4v) is 1.95. The van der Waals surface area contributed by atoms with Crippen molar-refractivity contribution in [2.45, 2.75) is 6.61 Å². The number of rotatable bonds is 5. The standard InChI is InChI=1S/C18H13N3O2/c19-12-15-7-8-16(22-13-14-5-2-1-3-6-14)17(11-15)23-18-20-9-4-10-21-18/h1-11H,13H2. The normalized spacial score (nSPS) is 9.87. The summed E-state index contributed by atoms with van der Waals surface area (Å²) in [5, 5.41) is 9.05. The van der Waals surface area contributed by atoms with E-state index >= 15 is 0 Å². The lowest BCUT2D eigenvalue weighted by Crippen LogP contribution is -1.99. The van der Waals surface area contributed by atoms with Gasteiger partial charge in [0.1, 0.15) is 6.61 Å². The summed E-state index contributed by atoms with van der Waals surface area (Å²) in [5.41, 5.74) is 1.52. The van der Waals surface area contributed by atoms with E-state index in [2.05, 4.69) is 16.0 Å². The molecule has 1 heterocycles. The highest BCUT2D eigenvalue weighted by molar-refractivity contribution is 5.47. The first-order valence-electron chi connectivity index (χ1n) is 7.01. The number of hydrogen-bond donors (Lipinski definition) is 0. The van der Waals surface area contributed by atoms with Crippen molar-refractivity contribution in [2.24, 2.45) is 0 Å². The zero-order valence-electron chi connectivity index (χ0n) is 12.2. The Morgan fingerprint density at radius 2 is 1.70 bits per heavy atom. The Kier molecular flexibility index (Phi) is 4.46. The molecule has 2 aromatic carbocycles. The largest absolute Gasteiger partial charge is 0.485 e. The van der Waals surface area contributed by atoms with Crippen LogP contribution >= 0.6 is 0 Å². The summed E-state index contributed by atoms with van der Waals surface area (Å²) in [6.45, 7) is 0.402. The van der Waals surface area contributed by atoms with Crippen LogP contribution in [0.1, 0.15) is 11.1 Å². The number of benzene rings is 2. The Balaban J connectivity index is 1.82. The van der Waals surface area contributed by atoms with Gasteiger partial charge in [-0.2, -0.15) is 5.26 Å². The molecule has 0 N–H and O–H groups in total. The topological polar surface area (TPSA) is 68.0 Å². The Bertz CT molecular complexity index is 815. The summed E-state index contributed by atoms with van der Waals surface area (Å²) in [5.74, 6) is 0.937. The van der Waals surface area contributed by atoms with E-state index in [0.717, 1.165) is 5.56 Å². The van der Waals surface area contributed by atoms with Crippen LogP contribution in [0, 0.1) is 11.3 Å². The molecule has 0 amide bonds. The van der Waals surface area contributed by atoms with Crippen LogP contribution in [-0.4, -0.2) is 9.97 Å². The van der Waals surface area contributed by atoms with Gasteiger partial charge in [-0.05, 0) is 23.8 Å². The lowest BCUT2D eigenvalue weighted by molar-refractivity contribution is 0.289. The fourth-order valence-electron chi connectivity index (χ4n) is 1.95. The smallest absolute Gasteiger partial charge is 0.321 e. The molecule has 5 heteroatoms. The maximum absolute atomic E-state index is 9.05. The zero-order chi connectivity index (χ0) is 15.9. The van der Waals surface area contributed by atoms with E-state index in [1.54, 1.807) is 36.7 Å². The predicted octanol–water partition coefficient (Wildman–Crippen LogP) is 3.72. The second-order valence-electron chi connectivity index (χ2n) is 4.68. The molecule has 0 unspecified atom stereocenters. The van der Waals surface area contributed by atoms with Crippen LogP contribution in [0.3, 0.4) is 0 Å². The van der Waals surface area contributed by atoms with Gasteiger partial charge < -0.3 is 9.47 Å². The molecule has 0 atom stereocenters. The number of nitriles is 1. The molecule has 0 aliphatic carbocycles. The third kappa shape index (κ3) is 3.83. The van der Waals surface area contributed by atoms with Crippen molar-refractivity contribution in [3.8, 4) is 23.6 Å². The van der Waals surface area contributed by atoms with Crippen molar-refractivity contribution < 1.29 is 9.47 Å². The second-order valence-corrected chi connectivity index (χ2v) is 4.68. The van der Waals surface area contributed by atoms with Gasteiger partial charge >= 0.3 is 6.01 Å². The van der Waals surface area contributed by atoms with Crippen LogP contribution in [0.15, 0.2) is 67.0 Å². The molecule has 5 nitrogen and oxygen atoms in total. The molecule has 1 aromatic heterocycles. The van der Waals surface area contributed by atoms with Crippen LogP contribution in [0.4, 0.5) is 0 Å². The zero-order valence-corrected chi connectivity index (χ0v) is 12.2. The maximum atomic E-state index is 9.05. The van der Waals surface area contributed by atoms with E-state index in [0.29, 0.717) is 23.7 Å². The summed E-state index contributed by atoms with van der Waals surface area (Å²) in [7, 11) is 0. The molecule has 23 heavy (non-hydrogen) atoms. The average Bonchev–Trinajstić information content (AvgIpc) is 2.62. The van der Waals surface area contributed by atoms with Gasteiger partial charge in [-0.15, -0.1) is 0 Å². The first kappa shape index (κ1) is 14.5. The minimum atomic E-state index is 0.201. The highest BCUT2D eigenvalue weighted by Crippen LogP contribution is 2.31. The Hall–Kier alpha value is -3.39. The third-order valence-electron chi connectivity index (χ3n) is 3.05. The summed E-state index contributed by atoms with van der Waals surface area (Å²) >= 11 is 0. The maximum Gasteiger partial charge on any atom is 0.321 e. The molecule has 0 fully saturated rings. The first-order valence-corrected chi connectivity index (χ1v) is 7.01. The van der Waals surface area contributed by atoms with Crippen molar-refractivity contribution in [1.29, 1.82) is 5.26 Å². The summed E-state index contributed by atoms with van der Waals surface area (Å²) < 4.78 is 11.4. The van der Waals surface area contributed by atoms with Gasteiger partial charge in [-0.25, -0.2) is 9.97 Å². The van der Waals surface area contributed by atoms with Gasteiger partial charge in [0.15, 0.2) is 11.5 Å². The van der Waals surface area contributed by atoms with Gasteiger partial charge in [-0.1, -0.05) is 30.3 Å². The molecule has 0 saturated heterocycles. The van der Waals surface area contributed by atoms with Gasteiger partial charge in [0.05, 0.1) is 11.6 Å². The molecule has 0 aliphatic rings. The summed E-state index contributed by atoms with van der Waals surface area (Å²) in [6.07, 6.45) is 3.17. The number of nitrogens with zero attached hydrogens (tertiary/aromatic N) is 3. The molecule has 0 aliphatic heterocycles. The van der Waals surface area contributed by atoms with Crippen LogP contribution in [-0.2, 0) is 6.61 Å².